The van der Waals surface area contributed by atoms with Crippen molar-refractivity contribution in [3.63, 3.8) is 0 Å². The van der Waals surface area contributed by atoms with Crippen LogP contribution >= 0.6 is 0 Å². The Morgan fingerprint density at radius 3 is 1.73 bits per heavy atom. The van der Waals surface area contributed by atoms with Crippen molar-refractivity contribution in [3.8, 4) is 0 Å². The molecule has 148 valence electrons. The molecule has 1 atom stereocenters. The van der Waals surface area contributed by atoms with Gasteiger partial charge in [-0.05, 0) is 43.6 Å². The van der Waals surface area contributed by atoms with Gasteiger partial charge < -0.3 is 0 Å². The molecular weight excluding hydrogens is 312 g/mol. The Morgan fingerprint density at radius 1 is 0.654 bits per heavy atom. The summed E-state index contributed by atoms with van der Waals surface area (Å²) in [6.45, 7) is 4.65. The Balaban J connectivity index is 1.81. The third-order valence-corrected chi connectivity index (χ3v) is 5.52. The molecular formula is C26H44. The number of rotatable bonds is 17. The summed E-state index contributed by atoms with van der Waals surface area (Å²) in [5, 5.41) is 0. The minimum absolute atomic E-state index is 0.716. The molecule has 0 bridgehead atoms. The fourth-order valence-corrected chi connectivity index (χ4v) is 3.65. The monoisotopic (exact) mass is 356 g/mol. The molecule has 0 nitrogen and oxygen atoms in total. The van der Waals surface area contributed by atoms with Gasteiger partial charge in [0.05, 0.1) is 0 Å². The van der Waals surface area contributed by atoms with Crippen molar-refractivity contribution < 1.29 is 0 Å². The van der Waals surface area contributed by atoms with Crippen molar-refractivity contribution in [2.24, 2.45) is 0 Å². The number of benzene rings is 1. The highest BCUT2D eigenvalue weighted by Gasteiger charge is 2.03. The van der Waals surface area contributed by atoms with E-state index < -0.39 is 0 Å². The highest BCUT2D eigenvalue weighted by atomic mass is 14.1. The molecule has 0 amide bonds. The average molecular weight is 357 g/mol. The summed E-state index contributed by atoms with van der Waals surface area (Å²) in [5.41, 5.74) is 1.50. The molecule has 1 aromatic rings. The first-order valence-electron chi connectivity index (χ1n) is 11.5. The van der Waals surface area contributed by atoms with E-state index in [0.717, 1.165) is 0 Å². The maximum absolute atomic E-state index is 2.42. The predicted molar refractivity (Wildman–Crippen MR) is 119 cm³/mol. The zero-order chi connectivity index (χ0) is 18.7. The molecule has 0 spiro atoms. The van der Waals surface area contributed by atoms with E-state index in [-0.39, 0.29) is 0 Å². The van der Waals surface area contributed by atoms with Gasteiger partial charge in [0.1, 0.15) is 0 Å². The largest absolute Gasteiger partial charge is 0.0885 e. The molecule has 0 N–H and O–H groups in total. The molecule has 0 radical (unpaired) electrons. The SMILES string of the molecule is CCCCCCCC/C=C\CCCCCCCCC(C)c1ccccc1. The molecule has 0 saturated heterocycles. The second-order valence-electron chi connectivity index (χ2n) is 8.04. The quantitative estimate of drug-likeness (QED) is 0.193. The molecule has 1 unspecified atom stereocenters. The van der Waals surface area contributed by atoms with Gasteiger partial charge in [-0.25, -0.2) is 0 Å². The van der Waals surface area contributed by atoms with Crippen LogP contribution in [0.4, 0.5) is 0 Å². The van der Waals surface area contributed by atoms with Crippen LogP contribution in [0.15, 0.2) is 42.5 Å². The van der Waals surface area contributed by atoms with Crippen LogP contribution in [0.25, 0.3) is 0 Å². The summed E-state index contributed by atoms with van der Waals surface area (Å²) >= 11 is 0. The van der Waals surface area contributed by atoms with Crippen LogP contribution in [0.1, 0.15) is 122 Å². The van der Waals surface area contributed by atoms with Crippen LogP contribution in [0.5, 0.6) is 0 Å². The summed E-state index contributed by atoms with van der Waals surface area (Å²) in [4.78, 5) is 0. The fraction of sp³-hybridized carbons (Fsp3) is 0.692. The normalized spacial score (nSPS) is 12.7. The number of hydrogen-bond acceptors (Lipinski definition) is 0. The van der Waals surface area contributed by atoms with Gasteiger partial charge in [0.2, 0.25) is 0 Å². The van der Waals surface area contributed by atoms with Crippen molar-refractivity contribution in [2.75, 3.05) is 0 Å². The third-order valence-electron chi connectivity index (χ3n) is 5.52. The molecule has 26 heavy (non-hydrogen) atoms. The van der Waals surface area contributed by atoms with E-state index in [2.05, 4.69) is 56.3 Å². The summed E-state index contributed by atoms with van der Waals surface area (Å²) in [6, 6.07) is 11.0. The molecule has 0 fully saturated rings. The second-order valence-corrected chi connectivity index (χ2v) is 8.04. The number of hydrogen-bond donors (Lipinski definition) is 0. The van der Waals surface area contributed by atoms with E-state index in [0.29, 0.717) is 5.92 Å². The van der Waals surface area contributed by atoms with Crippen LogP contribution in [-0.4, -0.2) is 0 Å². The maximum Gasteiger partial charge on any atom is -0.0190 e. The van der Waals surface area contributed by atoms with E-state index >= 15 is 0 Å². The topological polar surface area (TPSA) is 0 Å². The molecule has 1 aromatic carbocycles. The van der Waals surface area contributed by atoms with Gasteiger partial charge in [0.15, 0.2) is 0 Å². The molecule has 0 heteroatoms. The first-order valence-corrected chi connectivity index (χ1v) is 11.5. The Morgan fingerprint density at radius 2 is 1.15 bits per heavy atom. The first-order chi connectivity index (χ1) is 12.8. The van der Waals surface area contributed by atoms with Gasteiger partial charge in [0, 0.05) is 0 Å². The van der Waals surface area contributed by atoms with E-state index in [4.69, 9.17) is 0 Å². The van der Waals surface area contributed by atoms with Gasteiger partial charge in [0.25, 0.3) is 0 Å². The number of allylic oxidation sites excluding steroid dienone is 2. The van der Waals surface area contributed by atoms with Crippen molar-refractivity contribution in [1.82, 2.24) is 0 Å². The first kappa shape index (κ1) is 23.0. The zero-order valence-electron chi connectivity index (χ0n) is 17.7. The van der Waals surface area contributed by atoms with E-state index in [1.165, 1.54) is 102 Å². The highest BCUT2D eigenvalue weighted by molar-refractivity contribution is 5.18. The predicted octanol–water partition coefficient (Wildman–Crippen LogP) is 9.22. The third kappa shape index (κ3) is 13.2. The van der Waals surface area contributed by atoms with Crippen LogP contribution in [0.2, 0.25) is 0 Å². The Hall–Kier alpha value is -1.04. The van der Waals surface area contributed by atoms with Crippen LogP contribution in [0.3, 0.4) is 0 Å². The minimum Gasteiger partial charge on any atom is -0.0885 e. The zero-order valence-corrected chi connectivity index (χ0v) is 17.7. The number of unbranched alkanes of at least 4 members (excludes halogenated alkanes) is 12. The van der Waals surface area contributed by atoms with Crippen LogP contribution in [-0.2, 0) is 0 Å². The summed E-state index contributed by atoms with van der Waals surface area (Å²) in [6.07, 6.45) is 25.7. The minimum atomic E-state index is 0.716. The molecule has 0 aromatic heterocycles. The van der Waals surface area contributed by atoms with Crippen molar-refractivity contribution in [1.29, 1.82) is 0 Å². The molecule has 0 saturated carbocycles. The molecule has 0 aliphatic rings. The summed E-state index contributed by atoms with van der Waals surface area (Å²) in [5.74, 6) is 0.716. The van der Waals surface area contributed by atoms with Gasteiger partial charge in [-0.2, -0.15) is 0 Å². The lowest BCUT2D eigenvalue weighted by molar-refractivity contribution is 0.552. The average Bonchev–Trinajstić information content (AvgIpc) is 2.68. The van der Waals surface area contributed by atoms with Crippen molar-refractivity contribution in [2.45, 2.75) is 116 Å². The smallest absolute Gasteiger partial charge is 0.0190 e. The maximum atomic E-state index is 2.42. The van der Waals surface area contributed by atoms with Crippen molar-refractivity contribution in [3.05, 3.63) is 48.0 Å². The lowest BCUT2D eigenvalue weighted by Gasteiger charge is -2.11. The van der Waals surface area contributed by atoms with E-state index in [9.17, 15) is 0 Å². The Bertz CT molecular complexity index is 417. The van der Waals surface area contributed by atoms with Crippen LogP contribution in [0, 0.1) is 0 Å². The van der Waals surface area contributed by atoms with E-state index in [1.54, 1.807) is 0 Å². The van der Waals surface area contributed by atoms with Gasteiger partial charge in [-0.1, -0.05) is 121 Å². The molecule has 0 aliphatic heterocycles. The van der Waals surface area contributed by atoms with Crippen LogP contribution < -0.4 is 0 Å². The summed E-state index contributed by atoms with van der Waals surface area (Å²) < 4.78 is 0. The van der Waals surface area contributed by atoms with Gasteiger partial charge >= 0.3 is 0 Å². The van der Waals surface area contributed by atoms with Gasteiger partial charge in [-0.15, -0.1) is 0 Å². The lowest BCUT2D eigenvalue weighted by Crippen LogP contribution is -1.93. The van der Waals surface area contributed by atoms with E-state index in [1.807, 2.05) is 0 Å². The molecule has 0 aliphatic carbocycles. The lowest BCUT2D eigenvalue weighted by atomic mass is 9.95. The van der Waals surface area contributed by atoms with Crippen molar-refractivity contribution >= 4 is 0 Å². The second kappa shape index (κ2) is 17.4. The fourth-order valence-electron chi connectivity index (χ4n) is 3.65. The summed E-state index contributed by atoms with van der Waals surface area (Å²) in [7, 11) is 0. The molecule has 0 heterocycles. The Kier molecular flexibility index (Phi) is 15.4. The standard InChI is InChI=1S/C26H44/c1-3-4-5-6-7-8-9-10-11-12-13-14-15-16-17-19-22-25(2)26-23-20-18-21-24-26/h10-11,18,20-21,23-25H,3-9,12-17,19,22H2,1-2H3/b11-10-. The Labute approximate surface area is 164 Å². The van der Waals surface area contributed by atoms with Gasteiger partial charge in [-0.3, -0.25) is 0 Å². The highest BCUT2D eigenvalue weighted by Crippen LogP contribution is 2.22. The molecule has 1 rings (SSSR count).